The van der Waals surface area contributed by atoms with Crippen molar-refractivity contribution in [1.82, 2.24) is 0 Å². The second-order valence-corrected chi connectivity index (χ2v) is 8.23. The summed E-state index contributed by atoms with van der Waals surface area (Å²) in [4.78, 5) is 11.2. The lowest BCUT2D eigenvalue weighted by Gasteiger charge is -2.29. The summed E-state index contributed by atoms with van der Waals surface area (Å²) in [5.41, 5.74) is 0.583. The van der Waals surface area contributed by atoms with E-state index in [1.165, 1.54) is 19.2 Å². The van der Waals surface area contributed by atoms with Crippen LogP contribution in [0.4, 0.5) is 5.69 Å². The van der Waals surface area contributed by atoms with Crippen LogP contribution in [-0.4, -0.2) is 51.7 Å². The van der Waals surface area contributed by atoms with Crippen LogP contribution in [0.2, 0.25) is 5.02 Å². The molecule has 1 atom stereocenters. The van der Waals surface area contributed by atoms with Gasteiger partial charge >= 0.3 is 5.97 Å². The Balaban J connectivity index is 2.17. The van der Waals surface area contributed by atoms with E-state index in [4.69, 9.17) is 26.2 Å². The smallest absolute Gasteiger partial charge is 0.337 e. The fourth-order valence-corrected chi connectivity index (χ4v) is 4.63. The minimum Gasteiger partial charge on any atom is -0.478 e. The van der Waals surface area contributed by atoms with Crippen molar-refractivity contribution >= 4 is 33.3 Å². The second-order valence-electron chi connectivity index (χ2n) is 6.06. The van der Waals surface area contributed by atoms with Crippen molar-refractivity contribution in [3.05, 3.63) is 28.3 Å². The maximum atomic E-state index is 12.5. The van der Waals surface area contributed by atoms with E-state index in [9.17, 15) is 13.2 Å². The van der Waals surface area contributed by atoms with Gasteiger partial charge in [0.2, 0.25) is 10.0 Å². The molecular weight excluding hydrogens is 370 g/mol. The highest BCUT2D eigenvalue weighted by molar-refractivity contribution is 7.92. The number of anilines is 1. The first kappa shape index (κ1) is 20.0. The Labute approximate surface area is 152 Å². The molecule has 1 aliphatic rings. The minimum absolute atomic E-state index is 0.0601. The Morgan fingerprint density at radius 2 is 2.08 bits per heavy atom. The molecule has 1 aromatic carbocycles. The van der Waals surface area contributed by atoms with Crippen molar-refractivity contribution in [3.8, 4) is 0 Å². The number of methoxy groups -OCH3 is 1. The molecule has 0 amide bonds. The van der Waals surface area contributed by atoms with Crippen LogP contribution >= 0.6 is 11.6 Å². The molecule has 1 unspecified atom stereocenters. The van der Waals surface area contributed by atoms with E-state index in [0.717, 1.165) is 12.8 Å². The Kier molecular flexibility index (Phi) is 6.67. The number of nitrogens with one attached hydrogen (secondary N) is 1. The summed E-state index contributed by atoms with van der Waals surface area (Å²) < 4.78 is 38.2. The highest BCUT2D eigenvalue weighted by Crippen LogP contribution is 2.27. The van der Waals surface area contributed by atoms with Crippen LogP contribution in [0, 0.1) is 12.8 Å². The molecule has 7 nitrogen and oxygen atoms in total. The van der Waals surface area contributed by atoms with Crippen LogP contribution in [0.1, 0.15) is 28.8 Å². The third-order valence-electron chi connectivity index (χ3n) is 4.29. The van der Waals surface area contributed by atoms with Gasteiger partial charge in [-0.3, -0.25) is 4.72 Å². The molecule has 0 bridgehead atoms. The molecular formula is C16H22ClNO6S. The third kappa shape index (κ3) is 5.31. The zero-order chi connectivity index (χ0) is 18.6. The highest BCUT2D eigenvalue weighted by Gasteiger charge is 2.29. The summed E-state index contributed by atoms with van der Waals surface area (Å²) >= 11 is 5.89. The number of carboxylic acid groups (broad SMARTS) is 1. The summed E-state index contributed by atoms with van der Waals surface area (Å²) in [7, 11) is -2.23. The molecule has 25 heavy (non-hydrogen) atoms. The number of aryl methyl sites for hydroxylation is 1. The molecule has 1 fully saturated rings. The molecule has 0 spiro atoms. The van der Waals surface area contributed by atoms with Crippen molar-refractivity contribution in [2.24, 2.45) is 5.92 Å². The first-order valence-electron chi connectivity index (χ1n) is 7.88. The third-order valence-corrected chi connectivity index (χ3v) is 5.90. The molecule has 1 saturated heterocycles. The van der Waals surface area contributed by atoms with Gasteiger partial charge in [-0.15, -0.1) is 0 Å². The molecule has 0 saturated carbocycles. The first-order chi connectivity index (χ1) is 11.7. The minimum atomic E-state index is -3.72. The zero-order valence-electron chi connectivity index (χ0n) is 14.1. The molecule has 0 radical (unpaired) electrons. The molecule has 9 heteroatoms. The number of aromatic carboxylic acids is 1. The summed E-state index contributed by atoms with van der Waals surface area (Å²) in [6, 6.07) is 2.66. The average Bonchev–Trinajstić information content (AvgIpc) is 2.55. The van der Waals surface area contributed by atoms with Crippen molar-refractivity contribution < 1.29 is 27.8 Å². The predicted octanol–water partition coefficient (Wildman–Crippen LogP) is 2.53. The van der Waals surface area contributed by atoms with E-state index >= 15 is 0 Å². The maximum Gasteiger partial charge on any atom is 0.337 e. The van der Waals surface area contributed by atoms with E-state index in [1.54, 1.807) is 6.92 Å². The van der Waals surface area contributed by atoms with Crippen LogP contribution in [0.25, 0.3) is 0 Å². The molecule has 1 aliphatic heterocycles. The second kappa shape index (κ2) is 8.35. The number of benzene rings is 1. The number of hydrogen-bond acceptors (Lipinski definition) is 5. The molecule has 0 aromatic heterocycles. The molecule has 1 heterocycles. The summed E-state index contributed by atoms with van der Waals surface area (Å²) in [5.74, 6) is -1.32. The standard InChI is InChI=1S/C16H22ClNO6S/c1-10-7-13(17)12(16(19)20)8-14(10)18-25(21,22)9-15(23-2)11-3-5-24-6-4-11/h7-8,11,15,18H,3-6,9H2,1-2H3,(H,19,20). The Morgan fingerprint density at radius 1 is 1.44 bits per heavy atom. The largest absolute Gasteiger partial charge is 0.478 e. The number of hydrogen-bond donors (Lipinski definition) is 2. The number of halogens is 1. The topological polar surface area (TPSA) is 102 Å². The molecule has 2 N–H and O–H groups in total. The molecule has 140 valence electrons. The number of sulfonamides is 1. The number of carbonyl (C=O) groups is 1. The molecule has 2 rings (SSSR count). The monoisotopic (exact) mass is 391 g/mol. The normalized spacial score (nSPS) is 17.2. The van der Waals surface area contributed by atoms with Crippen molar-refractivity contribution in [2.75, 3.05) is 30.8 Å². The van der Waals surface area contributed by atoms with Crippen LogP contribution in [0.5, 0.6) is 0 Å². The van der Waals surface area contributed by atoms with Gasteiger partial charge in [-0.1, -0.05) is 11.6 Å². The van der Waals surface area contributed by atoms with E-state index in [1.807, 2.05) is 0 Å². The Bertz CT molecular complexity index is 730. The number of ether oxygens (including phenoxy) is 2. The zero-order valence-corrected chi connectivity index (χ0v) is 15.7. The van der Waals surface area contributed by atoms with Gasteiger partial charge in [0.25, 0.3) is 0 Å². The van der Waals surface area contributed by atoms with Crippen LogP contribution < -0.4 is 4.72 Å². The van der Waals surface area contributed by atoms with Crippen molar-refractivity contribution in [3.63, 3.8) is 0 Å². The van der Waals surface area contributed by atoms with Gasteiger partial charge in [-0.25, -0.2) is 13.2 Å². The van der Waals surface area contributed by atoms with E-state index in [2.05, 4.69) is 4.72 Å². The van der Waals surface area contributed by atoms with E-state index < -0.39 is 22.1 Å². The van der Waals surface area contributed by atoms with E-state index in [0.29, 0.717) is 18.8 Å². The quantitative estimate of drug-likeness (QED) is 0.740. The van der Waals surface area contributed by atoms with Crippen molar-refractivity contribution in [1.29, 1.82) is 0 Å². The molecule has 0 aliphatic carbocycles. The van der Waals surface area contributed by atoms with Gasteiger partial charge in [0.05, 0.1) is 28.1 Å². The fraction of sp³-hybridized carbons (Fsp3) is 0.562. The van der Waals surface area contributed by atoms with Gasteiger partial charge in [0.15, 0.2) is 0 Å². The summed E-state index contributed by atoms with van der Waals surface area (Å²) in [5, 5.41) is 9.20. The number of rotatable bonds is 7. The highest BCUT2D eigenvalue weighted by atomic mass is 35.5. The average molecular weight is 392 g/mol. The van der Waals surface area contributed by atoms with Gasteiger partial charge in [-0.2, -0.15) is 0 Å². The van der Waals surface area contributed by atoms with E-state index in [-0.39, 0.29) is 27.9 Å². The van der Waals surface area contributed by atoms with Crippen molar-refractivity contribution in [2.45, 2.75) is 25.9 Å². The summed E-state index contributed by atoms with van der Waals surface area (Å²) in [6.45, 7) is 2.84. The Morgan fingerprint density at radius 3 is 2.64 bits per heavy atom. The summed E-state index contributed by atoms with van der Waals surface area (Å²) in [6.07, 6.45) is 1.04. The lowest BCUT2D eigenvalue weighted by molar-refractivity contribution is -0.00318. The fourth-order valence-electron chi connectivity index (χ4n) is 2.86. The Hall–Kier alpha value is -1.35. The predicted molar refractivity (Wildman–Crippen MR) is 94.9 cm³/mol. The van der Waals surface area contributed by atoms with Crippen LogP contribution in [0.15, 0.2) is 12.1 Å². The van der Waals surface area contributed by atoms with Crippen LogP contribution in [0.3, 0.4) is 0 Å². The van der Waals surface area contributed by atoms with Gasteiger partial charge in [0.1, 0.15) is 0 Å². The van der Waals surface area contributed by atoms with Gasteiger partial charge in [0, 0.05) is 20.3 Å². The SMILES string of the molecule is COC(CS(=O)(=O)Nc1cc(C(=O)O)c(Cl)cc1C)C1CCOCC1. The van der Waals surface area contributed by atoms with Gasteiger partial charge < -0.3 is 14.6 Å². The first-order valence-corrected chi connectivity index (χ1v) is 9.91. The maximum absolute atomic E-state index is 12.5. The number of carboxylic acids is 1. The lowest BCUT2D eigenvalue weighted by atomic mass is 9.95. The van der Waals surface area contributed by atoms with Crippen LogP contribution in [-0.2, 0) is 19.5 Å². The lowest BCUT2D eigenvalue weighted by Crippen LogP contribution is -2.36. The van der Waals surface area contributed by atoms with Gasteiger partial charge in [-0.05, 0) is 43.4 Å². The molecule has 1 aromatic rings.